The number of halogens is 2. The number of hydrogen-bond donors (Lipinski definition) is 0. The zero-order chi connectivity index (χ0) is 9.42. The lowest BCUT2D eigenvalue weighted by atomic mass is 10.2. The number of ether oxygens (including phenoxy) is 1. The maximum atomic E-state index is 5.99. The van der Waals surface area contributed by atoms with Gasteiger partial charge in [-0.15, -0.1) is 11.3 Å². The highest BCUT2D eigenvalue weighted by molar-refractivity contribution is 14.1. The van der Waals surface area contributed by atoms with E-state index in [4.69, 9.17) is 16.3 Å². The Morgan fingerprint density at radius 2 is 2.23 bits per heavy atom. The molecule has 0 aliphatic carbocycles. The van der Waals surface area contributed by atoms with Crippen LogP contribution in [0.1, 0.15) is 0 Å². The third-order valence-corrected chi connectivity index (χ3v) is 3.94. The maximum Gasteiger partial charge on any atom is 0.146 e. The predicted molar refractivity (Wildman–Crippen MR) is 66.1 cm³/mol. The van der Waals surface area contributed by atoms with Crippen molar-refractivity contribution >= 4 is 55.6 Å². The Balaban J connectivity index is 2.82. The van der Waals surface area contributed by atoms with E-state index in [1.54, 1.807) is 18.4 Å². The number of rotatable bonds is 1. The SMILES string of the molecule is COc1c(Cl)ccc2sc(I)cc12. The highest BCUT2D eigenvalue weighted by Crippen LogP contribution is 2.38. The van der Waals surface area contributed by atoms with Crippen LogP contribution in [0.5, 0.6) is 5.75 Å². The largest absolute Gasteiger partial charge is 0.495 e. The molecule has 0 bridgehead atoms. The smallest absolute Gasteiger partial charge is 0.146 e. The van der Waals surface area contributed by atoms with Crippen LogP contribution < -0.4 is 4.74 Å². The zero-order valence-corrected chi connectivity index (χ0v) is 10.5. The van der Waals surface area contributed by atoms with Gasteiger partial charge in [0.15, 0.2) is 0 Å². The van der Waals surface area contributed by atoms with Gasteiger partial charge in [0.2, 0.25) is 0 Å². The van der Waals surface area contributed by atoms with Gasteiger partial charge in [0.05, 0.1) is 15.0 Å². The highest BCUT2D eigenvalue weighted by atomic mass is 127. The molecule has 0 spiro atoms. The topological polar surface area (TPSA) is 9.23 Å². The Labute approximate surface area is 98.8 Å². The number of thiophene rings is 1. The highest BCUT2D eigenvalue weighted by Gasteiger charge is 2.08. The van der Waals surface area contributed by atoms with Crippen LogP contribution in [0.3, 0.4) is 0 Å². The number of fused-ring (bicyclic) bond motifs is 1. The molecule has 0 unspecified atom stereocenters. The Bertz CT molecular complexity index is 452. The van der Waals surface area contributed by atoms with Crippen molar-refractivity contribution in [3.8, 4) is 5.75 Å². The summed E-state index contributed by atoms with van der Waals surface area (Å²) < 4.78 is 7.70. The van der Waals surface area contributed by atoms with Crippen LogP contribution >= 0.6 is 45.5 Å². The van der Waals surface area contributed by atoms with Crippen molar-refractivity contribution < 1.29 is 4.74 Å². The zero-order valence-electron chi connectivity index (χ0n) is 6.80. The van der Waals surface area contributed by atoms with Gasteiger partial charge in [0.25, 0.3) is 0 Å². The lowest BCUT2D eigenvalue weighted by Gasteiger charge is -2.02. The summed E-state index contributed by atoms with van der Waals surface area (Å²) in [6.07, 6.45) is 0. The second-order valence-corrected chi connectivity index (χ2v) is 5.93. The Hall–Kier alpha value is -0.000000000000000111. The summed E-state index contributed by atoms with van der Waals surface area (Å²) in [5, 5.41) is 1.77. The van der Waals surface area contributed by atoms with Crippen molar-refractivity contribution in [1.29, 1.82) is 0 Å². The summed E-state index contributed by atoms with van der Waals surface area (Å²) in [5.74, 6) is 0.776. The van der Waals surface area contributed by atoms with Gasteiger partial charge in [-0.3, -0.25) is 0 Å². The van der Waals surface area contributed by atoms with E-state index in [-0.39, 0.29) is 0 Å². The van der Waals surface area contributed by atoms with Gasteiger partial charge in [0, 0.05) is 10.1 Å². The summed E-state index contributed by atoms with van der Waals surface area (Å²) in [5.41, 5.74) is 0. The van der Waals surface area contributed by atoms with E-state index in [2.05, 4.69) is 28.7 Å². The van der Waals surface area contributed by atoms with Gasteiger partial charge >= 0.3 is 0 Å². The summed E-state index contributed by atoms with van der Waals surface area (Å²) in [4.78, 5) is 0. The van der Waals surface area contributed by atoms with Gasteiger partial charge in [0.1, 0.15) is 5.75 Å². The van der Waals surface area contributed by atoms with Crippen LogP contribution in [0.15, 0.2) is 18.2 Å². The molecule has 2 rings (SSSR count). The van der Waals surface area contributed by atoms with E-state index in [1.165, 1.54) is 7.58 Å². The molecule has 0 saturated heterocycles. The van der Waals surface area contributed by atoms with Crippen molar-refractivity contribution in [3.05, 3.63) is 26.1 Å². The molecule has 0 saturated carbocycles. The maximum absolute atomic E-state index is 5.99. The molecule has 4 heteroatoms. The standard InChI is InChI=1S/C9H6ClIOS/c1-12-9-5-4-8(11)13-7(5)3-2-6(9)10/h2-4H,1H3. The second kappa shape index (κ2) is 3.63. The number of benzene rings is 1. The van der Waals surface area contributed by atoms with Gasteiger partial charge in [-0.1, -0.05) is 11.6 Å². The molecule has 0 fully saturated rings. The van der Waals surface area contributed by atoms with Gasteiger partial charge in [-0.05, 0) is 40.8 Å². The lowest BCUT2D eigenvalue weighted by Crippen LogP contribution is -1.83. The minimum absolute atomic E-state index is 0.671. The second-order valence-electron chi connectivity index (χ2n) is 2.54. The molecule has 1 aromatic carbocycles. The number of hydrogen-bond acceptors (Lipinski definition) is 2. The fourth-order valence-corrected chi connectivity index (χ4v) is 3.29. The molecule has 0 aliphatic heterocycles. The number of methoxy groups -OCH3 is 1. The molecule has 1 heterocycles. The van der Waals surface area contributed by atoms with Crippen LogP contribution in [-0.4, -0.2) is 7.11 Å². The van der Waals surface area contributed by atoms with Gasteiger partial charge < -0.3 is 4.74 Å². The minimum atomic E-state index is 0.671. The fraction of sp³-hybridized carbons (Fsp3) is 0.111. The van der Waals surface area contributed by atoms with Crippen molar-refractivity contribution in [2.24, 2.45) is 0 Å². The first-order valence-electron chi connectivity index (χ1n) is 3.64. The van der Waals surface area contributed by atoms with Crippen molar-refractivity contribution in [1.82, 2.24) is 0 Å². The van der Waals surface area contributed by atoms with E-state index in [0.29, 0.717) is 5.02 Å². The van der Waals surface area contributed by atoms with E-state index in [1.807, 2.05) is 12.1 Å². The molecule has 0 aliphatic rings. The Morgan fingerprint density at radius 3 is 2.92 bits per heavy atom. The van der Waals surface area contributed by atoms with Crippen LogP contribution in [0, 0.1) is 2.88 Å². The molecule has 0 N–H and O–H groups in total. The van der Waals surface area contributed by atoms with Crippen molar-refractivity contribution in [2.75, 3.05) is 7.11 Å². The lowest BCUT2D eigenvalue weighted by molar-refractivity contribution is 0.420. The summed E-state index contributed by atoms with van der Waals surface area (Å²) in [6.45, 7) is 0. The molecule has 13 heavy (non-hydrogen) atoms. The molecule has 68 valence electrons. The third kappa shape index (κ3) is 1.65. The van der Waals surface area contributed by atoms with Crippen LogP contribution in [-0.2, 0) is 0 Å². The predicted octanol–water partition coefficient (Wildman–Crippen LogP) is 4.17. The van der Waals surface area contributed by atoms with Gasteiger partial charge in [-0.2, -0.15) is 0 Å². The quantitative estimate of drug-likeness (QED) is 0.716. The molecule has 0 amide bonds. The minimum Gasteiger partial charge on any atom is -0.495 e. The normalized spacial score (nSPS) is 10.7. The Kier molecular flexibility index (Phi) is 2.67. The summed E-state index contributed by atoms with van der Waals surface area (Å²) in [6, 6.07) is 5.98. The molecular formula is C9H6ClIOS. The third-order valence-electron chi connectivity index (χ3n) is 1.78. The van der Waals surface area contributed by atoms with E-state index in [0.717, 1.165) is 11.1 Å². The average Bonchev–Trinajstić information content (AvgIpc) is 2.45. The molecule has 2 aromatic rings. The van der Waals surface area contributed by atoms with Crippen LogP contribution in [0.2, 0.25) is 5.02 Å². The van der Waals surface area contributed by atoms with Crippen molar-refractivity contribution in [3.63, 3.8) is 0 Å². The van der Waals surface area contributed by atoms with Gasteiger partial charge in [-0.25, -0.2) is 0 Å². The first kappa shape index (κ1) is 9.55. The first-order valence-corrected chi connectivity index (χ1v) is 5.91. The first-order chi connectivity index (χ1) is 6.22. The molecular weight excluding hydrogens is 319 g/mol. The van der Waals surface area contributed by atoms with Crippen LogP contribution in [0.4, 0.5) is 0 Å². The summed E-state index contributed by atoms with van der Waals surface area (Å²) >= 11 is 10.0. The van der Waals surface area contributed by atoms with Crippen molar-refractivity contribution in [2.45, 2.75) is 0 Å². The fourth-order valence-electron chi connectivity index (χ4n) is 1.24. The molecule has 1 nitrogen and oxygen atoms in total. The van der Waals surface area contributed by atoms with E-state index in [9.17, 15) is 0 Å². The monoisotopic (exact) mass is 324 g/mol. The van der Waals surface area contributed by atoms with E-state index < -0.39 is 0 Å². The molecule has 0 atom stereocenters. The van der Waals surface area contributed by atoms with E-state index >= 15 is 0 Å². The van der Waals surface area contributed by atoms with Crippen LogP contribution in [0.25, 0.3) is 10.1 Å². The molecule has 0 radical (unpaired) electrons. The Morgan fingerprint density at radius 1 is 1.46 bits per heavy atom. The average molecular weight is 325 g/mol. The molecule has 1 aromatic heterocycles. The summed E-state index contributed by atoms with van der Waals surface area (Å²) in [7, 11) is 1.64.